The predicted octanol–water partition coefficient (Wildman–Crippen LogP) is 2.99. The number of hydrogen-bond donors (Lipinski definition) is 0. The van der Waals surface area contributed by atoms with Crippen molar-refractivity contribution in [1.82, 2.24) is 19.5 Å². The number of rotatable bonds is 3. The number of aromatic nitrogens is 4. The summed E-state index contributed by atoms with van der Waals surface area (Å²) in [5.74, 6) is 2.03. The van der Waals surface area contributed by atoms with E-state index in [2.05, 4.69) is 15.0 Å². The number of ether oxygens (including phenoxy) is 2. The van der Waals surface area contributed by atoms with Gasteiger partial charge in [0.25, 0.3) is 0 Å². The molecule has 4 aromatic rings. The summed E-state index contributed by atoms with van der Waals surface area (Å²) in [4.78, 5) is 13.2. The molecule has 0 radical (unpaired) electrons. The van der Waals surface area contributed by atoms with Crippen molar-refractivity contribution in [3.63, 3.8) is 0 Å². The summed E-state index contributed by atoms with van der Waals surface area (Å²) in [5.41, 5.74) is 2.69. The summed E-state index contributed by atoms with van der Waals surface area (Å²) in [7, 11) is 3.22. The van der Waals surface area contributed by atoms with Gasteiger partial charge in [0, 0.05) is 11.5 Å². The molecule has 0 unspecified atom stereocenters. The smallest absolute Gasteiger partial charge is 0.162 e. The largest absolute Gasteiger partial charge is 0.493 e. The Labute approximate surface area is 132 Å². The molecular formula is C17H14N4O2. The lowest BCUT2D eigenvalue weighted by Crippen LogP contribution is -1.99. The van der Waals surface area contributed by atoms with Crippen molar-refractivity contribution in [2.45, 2.75) is 0 Å². The Morgan fingerprint density at radius 3 is 2.48 bits per heavy atom. The Kier molecular flexibility index (Phi) is 3.08. The molecule has 0 spiro atoms. The molecule has 0 saturated carbocycles. The van der Waals surface area contributed by atoms with Crippen LogP contribution < -0.4 is 9.47 Å². The molecule has 6 nitrogen and oxygen atoms in total. The summed E-state index contributed by atoms with van der Waals surface area (Å²) in [6, 6.07) is 11.7. The fraction of sp³-hybridized carbons (Fsp3) is 0.118. The highest BCUT2D eigenvalue weighted by Gasteiger charge is 2.13. The molecule has 0 amide bonds. The Hall–Kier alpha value is -3.15. The molecule has 2 aromatic carbocycles. The van der Waals surface area contributed by atoms with Crippen molar-refractivity contribution in [2.75, 3.05) is 14.2 Å². The zero-order valence-corrected chi connectivity index (χ0v) is 12.7. The van der Waals surface area contributed by atoms with Crippen LogP contribution in [0.15, 0.2) is 49.1 Å². The van der Waals surface area contributed by atoms with Gasteiger partial charge in [0.15, 0.2) is 11.5 Å². The first kappa shape index (κ1) is 13.5. The predicted molar refractivity (Wildman–Crippen MR) is 87.3 cm³/mol. The summed E-state index contributed by atoms with van der Waals surface area (Å²) < 4.78 is 12.7. The third kappa shape index (κ3) is 2.07. The van der Waals surface area contributed by atoms with Crippen LogP contribution >= 0.6 is 0 Å². The van der Waals surface area contributed by atoms with Gasteiger partial charge in [-0.05, 0) is 18.2 Å². The van der Waals surface area contributed by atoms with Crippen molar-refractivity contribution in [2.24, 2.45) is 0 Å². The van der Waals surface area contributed by atoms with Gasteiger partial charge >= 0.3 is 0 Å². The summed E-state index contributed by atoms with van der Waals surface area (Å²) in [5, 5.41) is 0.869. The molecule has 4 rings (SSSR count). The summed E-state index contributed by atoms with van der Waals surface area (Å²) in [6.07, 6.45) is 3.31. The summed E-state index contributed by atoms with van der Waals surface area (Å²) in [6.45, 7) is 0. The van der Waals surface area contributed by atoms with Gasteiger partial charge in [-0.15, -0.1) is 0 Å². The maximum absolute atomic E-state index is 5.40. The van der Waals surface area contributed by atoms with Gasteiger partial charge < -0.3 is 9.47 Å². The van der Waals surface area contributed by atoms with E-state index in [1.54, 1.807) is 26.9 Å². The first-order chi connectivity index (χ1) is 11.3. The van der Waals surface area contributed by atoms with E-state index in [1.165, 1.54) is 0 Å². The fourth-order valence-corrected chi connectivity index (χ4v) is 2.69. The van der Waals surface area contributed by atoms with Gasteiger partial charge in [-0.25, -0.2) is 15.0 Å². The zero-order chi connectivity index (χ0) is 15.8. The number of imidazole rings is 1. The second-order valence-electron chi connectivity index (χ2n) is 5.02. The van der Waals surface area contributed by atoms with E-state index in [0.29, 0.717) is 11.5 Å². The van der Waals surface area contributed by atoms with Crippen LogP contribution in [0.2, 0.25) is 0 Å². The summed E-state index contributed by atoms with van der Waals surface area (Å²) >= 11 is 0. The normalized spacial score (nSPS) is 11.0. The van der Waals surface area contributed by atoms with Crippen LogP contribution in [0, 0.1) is 0 Å². The molecule has 0 aliphatic heterocycles. The molecule has 2 aromatic heterocycles. The van der Waals surface area contributed by atoms with Crippen molar-refractivity contribution in [1.29, 1.82) is 0 Å². The van der Waals surface area contributed by atoms with Crippen LogP contribution in [0.5, 0.6) is 11.5 Å². The molecule has 0 fully saturated rings. The highest BCUT2D eigenvalue weighted by Crippen LogP contribution is 2.33. The molecule has 0 aliphatic carbocycles. The van der Waals surface area contributed by atoms with E-state index in [0.717, 1.165) is 27.8 Å². The molecule has 0 aliphatic rings. The number of fused-ring (bicyclic) bond motifs is 2. The minimum Gasteiger partial charge on any atom is -0.493 e. The Morgan fingerprint density at radius 1 is 0.870 bits per heavy atom. The SMILES string of the molecule is COc1cc2ncnc(-n3cnc4ccccc43)c2cc1OC. The minimum absolute atomic E-state index is 0.639. The third-order valence-electron chi connectivity index (χ3n) is 3.80. The highest BCUT2D eigenvalue weighted by atomic mass is 16.5. The molecule has 0 N–H and O–H groups in total. The van der Waals surface area contributed by atoms with Crippen LogP contribution in [-0.4, -0.2) is 33.7 Å². The number of methoxy groups -OCH3 is 2. The average molecular weight is 306 g/mol. The number of benzene rings is 2. The van der Waals surface area contributed by atoms with Crippen LogP contribution in [0.25, 0.3) is 27.8 Å². The molecule has 0 atom stereocenters. The second-order valence-corrected chi connectivity index (χ2v) is 5.02. The van der Waals surface area contributed by atoms with E-state index in [4.69, 9.17) is 9.47 Å². The topological polar surface area (TPSA) is 62.1 Å². The molecule has 0 saturated heterocycles. The number of para-hydroxylation sites is 2. The van der Waals surface area contributed by atoms with E-state index >= 15 is 0 Å². The lowest BCUT2D eigenvalue weighted by molar-refractivity contribution is 0.356. The lowest BCUT2D eigenvalue weighted by atomic mass is 10.2. The monoisotopic (exact) mass is 306 g/mol. The van der Waals surface area contributed by atoms with Crippen molar-refractivity contribution in [3.8, 4) is 17.3 Å². The third-order valence-corrected chi connectivity index (χ3v) is 3.80. The van der Waals surface area contributed by atoms with Gasteiger partial charge in [0.2, 0.25) is 0 Å². The highest BCUT2D eigenvalue weighted by molar-refractivity contribution is 5.90. The number of nitrogens with zero attached hydrogens (tertiary/aromatic N) is 4. The van der Waals surface area contributed by atoms with Crippen LogP contribution in [0.4, 0.5) is 0 Å². The Balaban J connectivity index is 2.03. The maximum atomic E-state index is 5.40. The molecule has 23 heavy (non-hydrogen) atoms. The van der Waals surface area contributed by atoms with Gasteiger partial charge in [0.1, 0.15) is 18.5 Å². The standard InChI is InChI=1S/C17H14N4O2/c1-22-15-7-11-13(8-16(15)23-2)18-9-19-17(11)21-10-20-12-5-3-4-6-14(12)21/h3-10H,1-2H3. The lowest BCUT2D eigenvalue weighted by Gasteiger charge is -2.11. The second kappa shape index (κ2) is 5.24. The van der Waals surface area contributed by atoms with Crippen LogP contribution in [-0.2, 0) is 0 Å². The fourth-order valence-electron chi connectivity index (χ4n) is 2.69. The zero-order valence-electron chi connectivity index (χ0n) is 12.7. The van der Waals surface area contributed by atoms with Gasteiger partial charge in [0.05, 0.1) is 30.8 Å². The van der Waals surface area contributed by atoms with Crippen molar-refractivity contribution < 1.29 is 9.47 Å². The molecule has 0 bridgehead atoms. The van der Waals surface area contributed by atoms with Gasteiger partial charge in [-0.1, -0.05) is 12.1 Å². The van der Waals surface area contributed by atoms with E-state index in [-0.39, 0.29) is 0 Å². The Bertz CT molecular complexity index is 1010. The van der Waals surface area contributed by atoms with Gasteiger partial charge in [-0.3, -0.25) is 4.57 Å². The van der Waals surface area contributed by atoms with Crippen molar-refractivity contribution >= 4 is 21.9 Å². The molecule has 114 valence electrons. The quantitative estimate of drug-likeness (QED) is 0.582. The molecule has 2 heterocycles. The Morgan fingerprint density at radius 2 is 1.65 bits per heavy atom. The first-order valence-corrected chi connectivity index (χ1v) is 7.11. The average Bonchev–Trinajstić information content (AvgIpc) is 3.03. The van der Waals surface area contributed by atoms with E-state index in [9.17, 15) is 0 Å². The number of hydrogen-bond acceptors (Lipinski definition) is 5. The van der Waals surface area contributed by atoms with Crippen LogP contribution in [0.1, 0.15) is 0 Å². The van der Waals surface area contributed by atoms with Gasteiger partial charge in [-0.2, -0.15) is 0 Å². The van der Waals surface area contributed by atoms with E-state index < -0.39 is 0 Å². The maximum Gasteiger partial charge on any atom is 0.162 e. The van der Waals surface area contributed by atoms with Crippen LogP contribution in [0.3, 0.4) is 0 Å². The first-order valence-electron chi connectivity index (χ1n) is 7.11. The van der Waals surface area contributed by atoms with Crippen molar-refractivity contribution in [3.05, 3.63) is 49.1 Å². The molecular weight excluding hydrogens is 292 g/mol. The molecule has 6 heteroatoms. The minimum atomic E-state index is 0.639. The van der Waals surface area contributed by atoms with E-state index in [1.807, 2.05) is 41.0 Å².